The lowest BCUT2D eigenvalue weighted by Gasteiger charge is -2.20. The Labute approximate surface area is 245 Å². The van der Waals surface area contributed by atoms with Gasteiger partial charge in [0, 0.05) is 33.6 Å². The molecule has 0 unspecified atom stereocenters. The van der Waals surface area contributed by atoms with Crippen molar-refractivity contribution >= 4 is 27.4 Å². The van der Waals surface area contributed by atoms with Gasteiger partial charge in [0.05, 0.1) is 22.3 Å². The SMILES string of the molecule is C#CC(=CC=C(C)C)c1nc(-c2ccc(C)cc2)nc(-n2c3ccccc3c3cn4c(c32)C(C)(C)c2ccccc2-4)n1. The molecule has 0 radical (unpaired) electrons. The van der Waals surface area contributed by atoms with Gasteiger partial charge in [0.1, 0.15) is 0 Å². The molecule has 0 saturated carbocycles. The summed E-state index contributed by atoms with van der Waals surface area (Å²) in [5, 5.41) is 2.32. The van der Waals surface area contributed by atoms with E-state index in [4.69, 9.17) is 21.4 Å². The smallest absolute Gasteiger partial charge is 0.238 e. The van der Waals surface area contributed by atoms with E-state index in [1.54, 1.807) is 0 Å². The van der Waals surface area contributed by atoms with Gasteiger partial charge < -0.3 is 4.57 Å². The Bertz CT molecular complexity index is 2140. The highest BCUT2D eigenvalue weighted by atomic mass is 15.2. The van der Waals surface area contributed by atoms with E-state index in [0.717, 1.165) is 27.6 Å². The molecule has 1 aliphatic heterocycles. The minimum atomic E-state index is -0.229. The molecule has 0 amide bonds. The van der Waals surface area contributed by atoms with Gasteiger partial charge in [0.25, 0.3) is 0 Å². The summed E-state index contributed by atoms with van der Waals surface area (Å²) in [6, 6.07) is 25.3. The van der Waals surface area contributed by atoms with Gasteiger partial charge in [-0.3, -0.25) is 4.57 Å². The molecule has 0 atom stereocenters. The summed E-state index contributed by atoms with van der Waals surface area (Å²) in [6.07, 6.45) is 12.2. The van der Waals surface area contributed by atoms with Gasteiger partial charge in [-0.25, -0.2) is 4.98 Å². The van der Waals surface area contributed by atoms with Gasteiger partial charge in [-0.1, -0.05) is 97.6 Å². The van der Waals surface area contributed by atoms with Crippen LogP contribution in [0.2, 0.25) is 0 Å². The number of aryl methyl sites for hydroxylation is 1. The van der Waals surface area contributed by atoms with Crippen LogP contribution in [-0.2, 0) is 5.41 Å². The molecular formula is C37H31N5. The molecule has 6 aromatic rings. The second kappa shape index (κ2) is 9.43. The summed E-state index contributed by atoms with van der Waals surface area (Å²) in [7, 11) is 0. The number of nitrogens with zero attached hydrogens (tertiary/aromatic N) is 5. The van der Waals surface area contributed by atoms with Crippen molar-refractivity contribution in [2.45, 2.75) is 40.0 Å². The third-order valence-corrected chi connectivity index (χ3v) is 8.18. The maximum Gasteiger partial charge on any atom is 0.238 e. The first-order chi connectivity index (χ1) is 20.3. The Morgan fingerprint density at radius 1 is 0.857 bits per heavy atom. The van der Waals surface area contributed by atoms with Crippen molar-refractivity contribution in [1.29, 1.82) is 0 Å². The number of hydrogen-bond acceptors (Lipinski definition) is 3. The Morgan fingerprint density at radius 2 is 1.60 bits per heavy atom. The first-order valence-electron chi connectivity index (χ1n) is 14.2. The molecule has 0 N–H and O–H groups in total. The van der Waals surface area contributed by atoms with Gasteiger partial charge in [-0.2, -0.15) is 9.97 Å². The summed E-state index contributed by atoms with van der Waals surface area (Å²) in [5.74, 6) is 4.42. The predicted octanol–water partition coefficient (Wildman–Crippen LogP) is 8.36. The lowest BCUT2D eigenvalue weighted by Crippen LogP contribution is -2.17. The first-order valence-corrected chi connectivity index (χ1v) is 14.2. The van der Waals surface area contributed by atoms with Crippen LogP contribution >= 0.6 is 0 Å². The summed E-state index contributed by atoms with van der Waals surface area (Å²) in [5.41, 5.74) is 9.46. The molecule has 5 heteroatoms. The van der Waals surface area contributed by atoms with E-state index < -0.39 is 0 Å². The van der Waals surface area contributed by atoms with Crippen molar-refractivity contribution in [3.63, 3.8) is 0 Å². The third-order valence-electron chi connectivity index (χ3n) is 8.18. The highest BCUT2D eigenvalue weighted by Gasteiger charge is 2.39. The zero-order valence-corrected chi connectivity index (χ0v) is 24.5. The minimum Gasteiger partial charge on any atom is -0.317 e. The molecule has 5 nitrogen and oxygen atoms in total. The zero-order chi connectivity index (χ0) is 29.2. The normalized spacial score (nSPS) is 13.7. The molecule has 0 fully saturated rings. The topological polar surface area (TPSA) is 48.5 Å². The molecule has 0 bridgehead atoms. The van der Waals surface area contributed by atoms with E-state index >= 15 is 0 Å². The number of terminal acetylenes is 1. The summed E-state index contributed by atoms with van der Waals surface area (Å²) in [4.78, 5) is 15.1. The van der Waals surface area contributed by atoms with Crippen LogP contribution in [-0.4, -0.2) is 24.1 Å². The van der Waals surface area contributed by atoms with E-state index in [0.29, 0.717) is 23.2 Å². The van der Waals surface area contributed by atoms with Gasteiger partial charge in [-0.05, 0) is 44.5 Å². The Morgan fingerprint density at radius 3 is 2.36 bits per heavy atom. The second-order valence-corrected chi connectivity index (χ2v) is 11.7. The van der Waals surface area contributed by atoms with Crippen molar-refractivity contribution in [3.05, 3.63) is 119 Å². The molecule has 42 heavy (non-hydrogen) atoms. The summed E-state index contributed by atoms with van der Waals surface area (Å²) < 4.78 is 4.54. The fourth-order valence-electron chi connectivity index (χ4n) is 6.13. The van der Waals surface area contributed by atoms with Crippen LogP contribution in [0.3, 0.4) is 0 Å². The number of rotatable bonds is 4. The van der Waals surface area contributed by atoms with Crippen LogP contribution in [0.25, 0.3) is 50.4 Å². The van der Waals surface area contributed by atoms with Crippen LogP contribution in [0.1, 0.15) is 50.3 Å². The minimum absolute atomic E-state index is 0.229. The van der Waals surface area contributed by atoms with Crippen molar-refractivity contribution in [3.8, 4) is 35.4 Å². The maximum atomic E-state index is 6.03. The molecule has 3 aromatic heterocycles. The Balaban J connectivity index is 1.58. The number of fused-ring (bicyclic) bond motifs is 7. The Hall–Kier alpha value is -5.21. The average molecular weight is 546 g/mol. The van der Waals surface area contributed by atoms with Gasteiger partial charge in [0.2, 0.25) is 5.95 Å². The van der Waals surface area contributed by atoms with E-state index in [2.05, 4.69) is 103 Å². The van der Waals surface area contributed by atoms with E-state index in [9.17, 15) is 0 Å². The summed E-state index contributed by atoms with van der Waals surface area (Å²) in [6.45, 7) is 10.7. The van der Waals surface area contributed by atoms with Crippen molar-refractivity contribution in [2.24, 2.45) is 0 Å². The third kappa shape index (κ3) is 3.83. The molecule has 1 aliphatic rings. The average Bonchev–Trinajstić information content (AvgIpc) is 3.59. The number of allylic oxidation sites excluding steroid dienone is 4. The van der Waals surface area contributed by atoms with Crippen molar-refractivity contribution in [1.82, 2.24) is 24.1 Å². The first kappa shape index (κ1) is 25.7. The molecule has 0 aliphatic carbocycles. The number of hydrogen-bond donors (Lipinski definition) is 0. The van der Waals surface area contributed by atoms with E-state index in [1.807, 2.05) is 38.1 Å². The summed E-state index contributed by atoms with van der Waals surface area (Å²) >= 11 is 0. The van der Waals surface area contributed by atoms with Gasteiger partial charge >= 0.3 is 0 Å². The van der Waals surface area contributed by atoms with Gasteiger partial charge in [0.15, 0.2) is 11.6 Å². The molecular weight excluding hydrogens is 514 g/mol. The fraction of sp³-hybridized carbons (Fsp3) is 0.162. The largest absolute Gasteiger partial charge is 0.317 e. The number of aromatic nitrogens is 5. The highest BCUT2D eigenvalue weighted by molar-refractivity contribution is 6.11. The van der Waals surface area contributed by atoms with Crippen molar-refractivity contribution < 1.29 is 0 Å². The van der Waals surface area contributed by atoms with Crippen LogP contribution in [0, 0.1) is 19.3 Å². The molecule has 4 heterocycles. The lowest BCUT2D eigenvalue weighted by molar-refractivity contribution is 0.645. The van der Waals surface area contributed by atoms with Crippen LogP contribution < -0.4 is 0 Å². The van der Waals surface area contributed by atoms with Crippen LogP contribution in [0.4, 0.5) is 0 Å². The predicted molar refractivity (Wildman–Crippen MR) is 172 cm³/mol. The lowest BCUT2D eigenvalue weighted by atomic mass is 9.83. The fourth-order valence-corrected chi connectivity index (χ4v) is 6.13. The molecule has 0 spiro atoms. The highest BCUT2D eigenvalue weighted by Crippen LogP contribution is 2.49. The van der Waals surface area contributed by atoms with Crippen LogP contribution in [0.15, 0.2) is 96.7 Å². The van der Waals surface area contributed by atoms with E-state index in [-0.39, 0.29) is 5.41 Å². The molecule has 7 rings (SSSR count). The van der Waals surface area contributed by atoms with E-state index in [1.165, 1.54) is 27.9 Å². The number of benzene rings is 3. The zero-order valence-electron chi connectivity index (χ0n) is 24.5. The van der Waals surface area contributed by atoms with Crippen LogP contribution in [0.5, 0.6) is 0 Å². The molecule has 204 valence electrons. The quantitative estimate of drug-likeness (QED) is 0.165. The Kier molecular flexibility index (Phi) is 5.78. The van der Waals surface area contributed by atoms with Crippen molar-refractivity contribution in [2.75, 3.05) is 0 Å². The molecule has 0 saturated heterocycles. The monoisotopic (exact) mass is 545 g/mol. The standard InChI is InChI=1S/C37H31N5/c1-7-25(19-16-23(2)3)34-38-35(26-20-17-24(4)18-21-26)40-36(39-34)42-30-14-10-8-12-27(30)28-22-41-31-15-11-9-13-29(31)37(5,6)33(41)32(28)42/h1,8-22H,2-6H3. The second-order valence-electron chi connectivity index (χ2n) is 11.7. The number of para-hydroxylation sites is 2. The maximum absolute atomic E-state index is 6.03. The molecule has 3 aromatic carbocycles. The van der Waals surface area contributed by atoms with Gasteiger partial charge in [-0.15, -0.1) is 6.42 Å².